The molecule has 44 valence electrons. The Bertz CT molecular complexity index is 150. The largest absolute Gasteiger partial charge is 0.289 e. The van der Waals surface area contributed by atoms with Gasteiger partial charge in [0, 0.05) is 13.1 Å². The average Bonchev–Trinajstić information content (AvgIpc) is 2.12. The fourth-order valence-electron chi connectivity index (χ4n) is 0.445. The Morgan fingerprint density at radius 1 is 1.75 bits per heavy atom. The van der Waals surface area contributed by atoms with E-state index < -0.39 is 10.9 Å². The quantitative estimate of drug-likeness (QED) is 0.487. The van der Waals surface area contributed by atoms with Crippen LogP contribution >= 0.6 is 10.9 Å². The molecule has 0 aromatic heterocycles. The molecule has 2 nitrogen and oxygen atoms in total. The van der Waals surface area contributed by atoms with Crippen LogP contribution in [-0.2, 0) is 4.79 Å². The molecule has 0 amide bonds. The van der Waals surface area contributed by atoms with Gasteiger partial charge in [0.2, 0.25) is 0 Å². The first-order valence-corrected chi connectivity index (χ1v) is 3.77. The molecule has 0 aliphatic carbocycles. The topological polar surface area (TPSA) is 29.4 Å². The predicted molar refractivity (Wildman–Crippen MR) is 37.3 cm³/mol. The zero-order chi connectivity index (χ0) is 5.98. The van der Waals surface area contributed by atoms with E-state index in [9.17, 15) is 4.79 Å². The summed E-state index contributed by atoms with van der Waals surface area (Å²) in [6.07, 6.45) is 1.67. The van der Waals surface area contributed by atoms with Crippen LogP contribution in [-0.4, -0.2) is 10.7 Å². The van der Waals surface area contributed by atoms with Gasteiger partial charge in [-0.2, -0.15) is 0 Å². The maximum atomic E-state index is 10.5. The molecular formula is C5H7NOS. The lowest BCUT2D eigenvalue weighted by atomic mass is 10.9. The zero-order valence-electron chi connectivity index (χ0n) is 4.53. The van der Waals surface area contributed by atoms with Gasteiger partial charge in [0.25, 0.3) is 0 Å². The van der Waals surface area contributed by atoms with E-state index in [0.29, 0.717) is 0 Å². The van der Waals surface area contributed by atoms with Crippen molar-refractivity contribution in [1.29, 1.82) is 0 Å². The third-order valence-corrected chi connectivity index (χ3v) is 2.43. The van der Waals surface area contributed by atoms with Crippen LogP contribution in [0.3, 0.4) is 0 Å². The summed E-state index contributed by atoms with van der Waals surface area (Å²) in [4.78, 5) is 14.3. The summed E-state index contributed by atoms with van der Waals surface area (Å²) in [6.45, 7) is 1.59. The number of thiol groups is 1. The number of nitrogens with zero attached hydrogens (tertiary/aromatic N) is 1. The van der Waals surface area contributed by atoms with E-state index in [1.807, 2.05) is 5.41 Å². The number of rotatable bonds is 0. The minimum atomic E-state index is -0.615. The number of carbonyl (C=O) groups excluding carboxylic acids is 1. The van der Waals surface area contributed by atoms with E-state index in [1.54, 1.807) is 18.7 Å². The van der Waals surface area contributed by atoms with Crippen LogP contribution in [0, 0.1) is 0 Å². The molecule has 1 heterocycles. The SMILES string of the molecule is CC(=O)[SH]1C=CN=C1. The Kier molecular flexibility index (Phi) is 1.48. The van der Waals surface area contributed by atoms with Crippen LogP contribution in [0.25, 0.3) is 0 Å². The highest BCUT2D eigenvalue weighted by Gasteiger charge is 2.03. The Balaban J connectivity index is 2.62. The van der Waals surface area contributed by atoms with Crippen molar-refractivity contribution >= 4 is 21.6 Å². The summed E-state index contributed by atoms with van der Waals surface area (Å²) < 4.78 is 0. The summed E-state index contributed by atoms with van der Waals surface area (Å²) >= 11 is 0. The molecule has 0 aromatic carbocycles. The first-order valence-electron chi connectivity index (χ1n) is 2.29. The van der Waals surface area contributed by atoms with Gasteiger partial charge in [-0.25, -0.2) is 0 Å². The minimum absolute atomic E-state index is 0.220. The molecule has 0 saturated carbocycles. The fraction of sp³-hybridized carbons (Fsp3) is 0.200. The number of hydrogen-bond acceptors (Lipinski definition) is 2. The maximum Gasteiger partial charge on any atom is 0.174 e. The summed E-state index contributed by atoms with van der Waals surface area (Å²) in [5.74, 6) is 0. The van der Waals surface area contributed by atoms with Gasteiger partial charge in [0.15, 0.2) is 5.12 Å². The lowest BCUT2D eigenvalue weighted by Gasteiger charge is -1.98. The molecule has 3 heteroatoms. The van der Waals surface area contributed by atoms with Gasteiger partial charge in [-0.05, 0) is 5.41 Å². The van der Waals surface area contributed by atoms with E-state index in [-0.39, 0.29) is 5.12 Å². The van der Waals surface area contributed by atoms with E-state index in [0.717, 1.165) is 0 Å². The van der Waals surface area contributed by atoms with Crippen LogP contribution in [0.15, 0.2) is 16.6 Å². The van der Waals surface area contributed by atoms with E-state index in [1.165, 1.54) is 0 Å². The van der Waals surface area contributed by atoms with Crippen molar-refractivity contribution in [2.24, 2.45) is 4.99 Å². The van der Waals surface area contributed by atoms with Crippen molar-refractivity contribution in [3.8, 4) is 0 Å². The number of carbonyl (C=O) groups is 1. The second-order valence-corrected chi connectivity index (χ2v) is 3.46. The summed E-state index contributed by atoms with van der Waals surface area (Å²) in [6, 6.07) is 0. The van der Waals surface area contributed by atoms with Crippen molar-refractivity contribution in [3.63, 3.8) is 0 Å². The molecule has 8 heavy (non-hydrogen) atoms. The van der Waals surface area contributed by atoms with Gasteiger partial charge in [0.1, 0.15) is 0 Å². The maximum absolute atomic E-state index is 10.5. The van der Waals surface area contributed by atoms with Crippen molar-refractivity contribution < 1.29 is 4.79 Å². The Hall–Kier alpha value is -0.570. The average molecular weight is 129 g/mol. The second kappa shape index (κ2) is 2.13. The number of hydrogen-bond donors (Lipinski definition) is 1. The van der Waals surface area contributed by atoms with Crippen LogP contribution in [0.1, 0.15) is 6.92 Å². The van der Waals surface area contributed by atoms with Gasteiger partial charge in [-0.15, -0.1) is 10.9 Å². The molecule has 0 fully saturated rings. The van der Waals surface area contributed by atoms with Gasteiger partial charge in [-0.3, -0.25) is 9.79 Å². The summed E-state index contributed by atoms with van der Waals surface area (Å²) in [5, 5.41) is 2.06. The van der Waals surface area contributed by atoms with Crippen molar-refractivity contribution in [2.45, 2.75) is 6.92 Å². The third kappa shape index (κ3) is 0.980. The van der Waals surface area contributed by atoms with Gasteiger partial charge in [0.05, 0.1) is 5.55 Å². The highest BCUT2D eigenvalue weighted by Crippen LogP contribution is 2.27. The molecule has 1 rings (SSSR count). The van der Waals surface area contributed by atoms with Crippen LogP contribution in [0.2, 0.25) is 0 Å². The highest BCUT2D eigenvalue weighted by atomic mass is 32.2. The van der Waals surface area contributed by atoms with Crippen LogP contribution in [0.4, 0.5) is 0 Å². The van der Waals surface area contributed by atoms with Gasteiger partial charge < -0.3 is 0 Å². The molecule has 0 spiro atoms. The van der Waals surface area contributed by atoms with Crippen molar-refractivity contribution in [3.05, 3.63) is 11.6 Å². The molecule has 0 saturated heterocycles. The van der Waals surface area contributed by atoms with Crippen molar-refractivity contribution in [1.82, 2.24) is 0 Å². The Morgan fingerprint density at radius 3 is 2.75 bits per heavy atom. The molecule has 0 N–H and O–H groups in total. The monoisotopic (exact) mass is 129 g/mol. The smallest absolute Gasteiger partial charge is 0.174 e. The minimum Gasteiger partial charge on any atom is -0.289 e. The molecule has 0 bridgehead atoms. The van der Waals surface area contributed by atoms with E-state index >= 15 is 0 Å². The summed E-state index contributed by atoms with van der Waals surface area (Å²) in [7, 11) is -0.615. The predicted octanol–water partition coefficient (Wildman–Crippen LogP) is 1.05. The summed E-state index contributed by atoms with van der Waals surface area (Å²) in [5.41, 5.74) is 1.71. The second-order valence-electron chi connectivity index (χ2n) is 1.49. The Labute approximate surface area is 50.7 Å². The molecule has 0 radical (unpaired) electrons. The fourth-order valence-corrected chi connectivity index (χ4v) is 1.34. The van der Waals surface area contributed by atoms with E-state index in [2.05, 4.69) is 4.99 Å². The van der Waals surface area contributed by atoms with E-state index in [4.69, 9.17) is 0 Å². The molecule has 1 atom stereocenters. The molecule has 1 aliphatic heterocycles. The lowest BCUT2D eigenvalue weighted by molar-refractivity contribution is -0.109. The molecule has 1 aliphatic rings. The number of aliphatic imine (C=N–C) groups is 1. The normalized spacial score (nSPS) is 28.9. The highest BCUT2D eigenvalue weighted by molar-refractivity contribution is 8.42. The lowest BCUT2D eigenvalue weighted by Crippen LogP contribution is -1.86. The third-order valence-electron chi connectivity index (χ3n) is 0.868. The molecule has 0 aromatic rings. The van der Waals surface area contributed by atoms with Crippen LogP contribution in [0.5, 0.6) is 0 Å². The first-order chi connectivity index (χ1) is 3.80. The van der Waals surface area contributed by atoms with Gasteiger partial charge in [-0.1, -0.05) is 0 Å². The van der Waals surface area contributed by atoms with Gasteiger partial charge >= 0.3 is 0 Å². The first kappa shape index (κ1) is 5.56. The standard InChI is InChI=1S/C5H7NOS/c1-5(7)8-3-2-6-4-8/h2-4,8H,1H3. The van der Waals surface area contributed by atoms with Crippen LogP contribution < -0.4 is 0 Å². The Morgan fingerprint density at radius 2 is 2.50 bits per heavy atom. The van der Waals surface area contributed by atoms with Crippen molar-refractivity contribution in [2.75, 3.05) is 0 Å². The molecule has 1 unspecified atom stereocenters. The molecular weight excluding hydrogens is 122 g/mol. The zero-order valence-corrected chi connectivity index (χ0v) is 5.43.